The maximum absolute atomic E-state index is 13.2. The largest absolute Gasteiger partial charge is 0.361 e. The van der Waals surface area contributed by atoms with Gasteiger partial charge >= 0.3 is 0 Å². The number of nitrogens with zero attached hydrogens (tertiary/aromatic N) is 4. The molecule has 2 rings (SSSR count). The minimum absolute atomic E-state index is 0.266. The fraction of sp³-hybridized carbons (Fsp3) is 0.333. The van der Waals surface area contributed by atoms with Crippen LogP contribution in [0, 0.1) is 5.82 Å². The maximum atomic E-state index is 13.2. The Hall–Kier alpha value is -2.42. The van der Waals surface area contributed by atoms with Gasteiger partial charge in [-0.05, 0) is 17.7 Å². The summed E-state index contributed by atoms with van der Waals surface area (Å²) in [6.07, 6.45) is 1.42. The highest BCUT2D eigenvalue weighted by Crippen LogP contribution is 2.24. The molecule has 0 radical (unpaired) electrons. The number of benzene rings is 1. The topological polar surface area (TPSA) is 78.4 Å². The van der Waals surface area contributed by atoms with Crippen LogP contribution >= 0.6 is 0 Å². The highest BCUT2D eigenvalue weighted by Gasteiger charge is 2.17. The van der Waals surface area contributed by atoms with E-state index in [1.807, 2.05) is 0 Å². The zero-order chi connectivity index (χ0) is 17.9. The molecule has 1 N–H and O–H groups in total. The predicted molar refractivity (Wildman–Crippen MR) is 93.3 cm³/mol. The molecular weight excluding hydrogens is 333 g/mol. The number of hydrogen-bond acceptors (Lipinski definition) is 6. The molecule has 0 unspecified atom stereocenters. The summed E-state index contributed by atoms with van der Waals surface area (Å²) >= 11 is 0. The molecule has 1 aromatic heterocycles. The monoisotopic (exact) mass is 353 g/mol. The third-order valence-electron chi connectivity index (χ3n) is 3.09. The second-order valence-electron chi connectivity index (χ2n) is 5.69. The van der Waals surface area contributed by atoms with Crippen LogP contribution in [0.3, 0.4) is 0 Å². The molecule has 1 heterocycles. The number of hydrogen-bond donors (Lipinski definition) is 1. The fourth-order valence-corrected chi connectivity index (χ4v) is 3.21. The Morgan fingerprint density at radius 2 is 1.88 bits per heavy atom. The molecule has 1 aromatic carbocycles. The molecule has 9 heteroatoms. The zero-order valence-electron chi connectivity index (χ0n) is 14.0. The van der Waals surface area contributed by atoms with E-state index in [2.05, 4.69) is 14.7 Å². The van der Waals surface area contributed by atoms with Crippen LogP contribution in [-0.4, -0.2) is 46.6 Å². The Kier molecular flexibility index (Phi) is 5.23. The zero-order valence-corrected chi connectivity index (χ0v) is 14.8. The molecule has 0 saturated carbocycles. The van der Waals surface area contributed by atoms with E-state index in [4.69, 9.17) is 0 Å². The van der Waals surface area contributed by atoms with E-state index in [0.717, 1.165) is 0 Å². The van der Waals surface area contributed by atoms with Crippen molar-refractivity contribution >= 4 is 27.5 Å². The molecule has 0 aliphatic heterocycles. The Labute approximate surface area is 141 Å². The predicted octanol–water partition coefficient (Wildman–Crippen LogP) is 1.69. The number of sulfonamides is 1. The normalized spacial score (nSPS) is 11.2. The summed E-state index contributed by atoms with van der Waals surface area (Å²) in [6, 6.07) is 5.49. The summed E-state index contributed by atoms with van der Waals surface area (Å²) in [5.41, 5.74) is 0.627. The Bertz CT molecular complexity index is 824. The van der Waals surface area contributed by atoms with Gasteiger partial charge in [0.15, 0.2) is 5.82 Å². The van der Waals surface area contributed by atoms with Gasteiger partial charge in [0.05, 0.1) is 11.9 Å². The molecule has 0 amide bonds. The van der Waals surface area contributed by atoms with Crippen LogP contribution < -0.4 is 14.5 Å². The van der Waals surface area contributed by atoms with Crippen molar-refractivity contribution in [1.29, 1.82) is 0 Å². The smallest absolute Gasteiger partial charge is 0.237 e. The number of halogens is 1. The van der Waals surface area contributed by atoms with Crippen molar-refractivity contribution < 1.29 is 12.8 Å². The van der Waals surface area contributed by atoms with Crippen LogP contribution in [-0.2, 0) is 15.8 Å². The first kappa shape index (κ1) is 17.9. The molecule has 130 valence electrons. The second-order valence-corrected chi connectivity index (χ2v) is 7.41. The molecule has 7 nitrogen and oxygen atoms in total. The van der Waals surface area contributed by atoms with E-state index >= 15 is 0 Å². The van der Waals surface area contributed by atoms with Crippen molar-refractivity contribution in [2.45, 2.75) is 5.75 Å². The van der Waals surface area contributed by atoms with Crippen molar-refractivity contribution in [3.8, 4) is 0 Å². The highest BCUT2D eigenvalue weighted by atomic mass is 32.2. The van der Waals surface area contributed by atoms with Crippen molar-refractivity contribution in [2.75, 3.05) is 42.7 Å². The number of rotatable bonds is 6. The lowest BCUT2D eigenvalue weighted by atomic mass is 10.2. The second kappa shape index (κ2) is 7.00. The molecule has 2 aromatic rings. The van der Waals surface area contributed by atoms with E-state index in [1.54, 1.807) is 44.1 Å². The van der Waals surface area contributed by atoms with Crippen LogP contribution in [0.4, 0.5) is 21.8 Å². The van der Waals surface area contributed by atoms with Gasteiger partial charge in [0, 0.05) is 28.2 Å². The molecule has 0 aliphatic rings. The number of aromatic nitrogens is 2. The van der Waals surface area contributed by atoms with Crippen LogP contribution in [0.5, 0.6) is 0 Å². The summed E-state index contributed by atoms with van der Waals surface area (Å²) in [5.74, 6) is 0.0891. The molecule has 0 atom stereocenters. The van der Waals surface area contributed by atoms with E-state index in [0.29, 0.717) is 17.3 Å². The van der Waals surface area contributed by atoms with E-state index < -0.39 is 15.8 Å². The molecule has 0 bridgehead atoms. The quantitative estimate of drug-likeness (QED) is 0.851. The lowest BCUT2D eigenvalue weighted by molar-refractivity contribution is 0.599. The summed E-state index contributed by atoms with van der Waals surface area (Å²) in [5, 5.41) is 0. The first-order valence-electron chi connectivity index (χ1n) is 7.14. The lowest BCUT2D eigenvalue weighted by Gasteiger charge is -2.19. The fourth-order valence-electron chi connectivity index (χ4n) is 2.04. The minimum Gasteiger partial charge on any atom is -0.361 e. The first-order chi connectivity index (χ1) is 11.2. The van der Waals surface area contributed by atoms with Gasteiger partial charge in [-0.2, -0.15) is 4.98 Å². The summed E-state index contributed by atoms with van der Waals surface area (Å²) < 4.78 is 40.4. The highest BCUT2D eigenvalue weighted by molar-refractivity contribution is 7.91. The van der Waals surface area contributed by atoms with E-state index in [-0.39, 0.29) is 11.4 Å². The Morgan fingerprint density at radius 1 is 1.17 bits per heavy atom. The SMILES string of the molecule is CN(C)c1ncc(NS(=O)(=O)Cc2cccc(F)c2)c(N(C)C)n1. The molecule has 0 saturated heterocycles. The van der Waals surface area contributed by atoms with Crippen LogP contribution in [0.2, 0.25) is 0 Å². The molecule has 0 spiro atoms. The van der Waals surface area contributed by atoms with Crippen molar-refractivity contribution in [3.63, 3.8) is 0 Å². The van der Waals surface area contributed by atoms with Gasteiger partial charge in [0.25, 0.3) is 0 Å². The molecule has 0 aliphatic carbocycles. The van der Waals surface area contributed by atoms with Gasteiger partial charge in [0.1, 0.15) is 11.5 Å². The summed E-state index contributed by atoms with van der Waals surface area (Å²) in [7, 11) is 3.37. The van der Waals surface area contributed by atoms with Crippen LogP contribution in [0.15, 0.2) is 30.5 Å². The average Bonchev–Trinajstić information content (AvgIpc) is 2.46. The third kappa shape index (κ3) is 4.54. The van der Waals surface area contributed by atoms with E-state index in [1.165, 1.54) is 24.4 Å². The first-order valence-corrected chi connectivity index (χ1v) is 8.80. The molecular formula is C15H20FN5O2S. The van der Waals surface area contributed by atoms with Gasteiger partial charge in [-0.25, -0.2) is 17.8 Å². The Balaban J connectivity index is 2.28. The standard InChI is InChI=1S/C15H20FN5O2S/c1-20(2)14-13(9-17-15(18-14)21(3)4)19-24(22,23)10-11-6-5-7-12(16)8-11/h5-9,19H,10H2,1-4H3. The van der Waals surface area contributed by atoms with Gasteiger partial charge < -0.3 is 9.80 Å². The summed E-state index contributed by atoms with van der Waals surface area (Å²) in [6.45, 7) is 0. The minimum atomic E-state index is -3.73. The van der Waals surface area contributed by atoms with Gasteiger partial charge in [-0.3, -0.25) is 4.72 Å². The van der Waals surface area contributed by atoms with Crippen molar-refractivity contribution in [3.05, 3.63) is 41.8 Å². The number of nitrogens with one attached hydrogen (secondary N) is 1. The van der Waals surface area contributed by atoms with Gasteiger partial charge in [-0.15, -0.1) is 0 Å². The van der Waals surface area contributed by atoms with Gasteiger partial charge in [-0.1, -0.05) is 12.1 Å². The van der Waals surface area contributed by atoms with Crippen molar-refractivity contribution in [1.82, 2.24) is 9.97 Å². The molecule has 24 heavy (non-hydrogen) atoms. The summed E-state index contributed by atoms with van der Waals surface area (Å²) in [4.78, 5) is 11.9. The van der Waals surface area contributed by atoms with Gasteiger partial charge in [0.2, 0.25) is 16.0 Å². The molecule has 0 fully saturated rings. The third-order valence-corrected chi connectivity index (χ3v) is 4.33. The van der Waals surface area contributed by atoms with Crippen LogP contribution in [0.25, 0.3) is 0 Å². The maximum Gasteiger partial charge on any atom is 0.237 e. The van der Waals surface area contributed by atoms with Crippen molar-refractivity contribution in [2.24, 2.45) is 0 Å². The number of anilines is 3. The van der Waals surface area contributed by atoms with E-state index in [9.17, 15) is 12.8 Å². The average molecular weight is 353 g/mol. The lowest BCUT2D eigenvalue weighted by Crippen LogP contribution is -2.21. The Morgan fingerprint density at radius 3 is 2.46 bits per heavy atom. The van der Waals surface area contributed by atoms with Crippen LogP contribution in [0.1, 0.15) is 5.56 Å².